The standard InChI is InChI=1S/C48H32N6/c1-9-33-17-5-29-49-45(33)37(13-1)21-25-41-42(26-22-38-14-2-10-34-18-6-30-50-46(34)38)54-44(28-24-40-16-4-12-36-20-8-32-52-48(36)40)43(53-41)27-23-39-15-3-11-35-19-7-31-51-47(35)39/h1-32H. The van der Waals surface area contributed by atoms with Crippen LogP contribution in [0.4, 0.5) is 0 Å². The summed E-state index contributed by atoms with van der Waals surface area (Å²) in [7, 11) is 0. The molecule has 6 heteroatoms. The second-order valence-electron chi connectivity index (χ2n) is 12.8. The number of benzene rings is 4. The number of hydrogen-bond donors (Lipinski definition) is 0. The fourth-order valence-electron chi connectivity index (χ4n) is 6.70. The van der Waals surface area contributed by atoms with Gasteiger partial charge in [-0.3, -0.25) is 19.9 Å². The third-order valence-electron chi connectivity index (χ3n) is 9.35. The lowest BCUT2D eigenvalue weighted by molar-refractivity contribution is 1.12. The average molecular weight is 693 g/mol. The zero-order valence-electron chi connectivity index (χ0n) is 29.2. The van der Waals surface area contributed by atoms with E-state index in [1.807, 2.05) is 97.6 Å². The number of fused-ring (bicyclic) bond motifs is 4. The second kappa shape index (κ2) is 14.7. The largest absolute Gasteiger partial charge is 0.256 e. The van der Waals surface area contributed by atoms with Gasteiger partial charge in [0.25, 0.3) is 0 Å². The van der Waals surface area contributed by atoms with E-state index in [1.54, 1.807) is 0 Å². The summed E-state index contributed by atoms with van der Waals surface area (Å²) in [6, 6.07) is 40.9. The summed E-state index contributed by atoms with van der Waals surface area (Å²) in [6.45, 7) is 0. The number of rotatable bonds is 8. The van der Waals surface area contributed by atoms with Gasteiger partial charge in [0.15, 0.2) is 0 Å². The minimum absolute atomic E-state index is 0.715. The van der Waals surface area contributed by atoms with Gasteiger partial charge < -0.3 is 0 Å². The smallest absolute Gasteiger partial charge is 0.0894 e. The number of pyridine rings is 4. The van der Waals surface area contributed by atoms with Crippen molar-refractivity contribution >= 4 is 92.2 Å². The van der Waals surface area contributed by atoms with Gasteiger partial charge in [-0.1, -0.05) is 121 Å². The first-order valence-corrected chi connectivity index (χ1v) is 17.8. The Hall–Kier alpha value is -7.44. The number of aromatic nitrogens is 6. The monoisotopic (exact) mass is 692 g/mol. The van der Waals surface area contributed by atoms with Crippen molar-refractivity contribution in [2.24, 2.45) is 0 Å². The van der Waals surface area contributed by atoms with Crippen LogP contribution in [0.5, 0.6) is 0 Å². The van der Waals surface area contributed by atoms with Crippen LogP contribution in [0.2, 0.25) is 0 Å². The quantitative estimate of drug-likeness (QED) is 0.158. The van der Waals surface area contributed by atoms with Gasteiger partial charge in [-0.25, -0.2) is 9.97 Å². The third-order valence-corrected chi connectivity index (χ3v) is 9.35. The predicted molar refractivity (Wildman–Crippen MR) is 225 cm³/mol. The molecular formula is C48H32N6. The lowest BCUT2D eigenvalue weighted by atomic mass is 10.1. The number of nitrogens with zero attached hydrogens (tertiary/aromatic N) is 6. The normalized spacial score (nSPS) is 12.1. The van der Waals surface area contributed by atoms with Crippen LogP contribution in [0.3, 0.4) is 0 Å². The highest BCUT2D eigenvalue weighted by molar-refractivity contribution is 5.94. The van der Waals surface area contributed by atoms with E-state index in [4.69, 9.17) is 9.97 Å². The van der Waals surface area contributed by atoms with Gasteiger partial charge in [0.2, 0.25) is 0 Å². The van der Waals surface area contributed by atoms with E-state index >= 15 is 0 Å². The molecule has 0 saturated carbocycles. The lowest BCUT2D eigenvalue weighted by Gasteiger charge is -2.09. The molecule has 0 amide bonds. The van der Waals surface area contributed by atoms with E-state index in [1.165, 1.54) is 0 Å². The maximum absolute atomic E-state index is 5.30. The molecule has 0 atom stereocenters. The maximum atomic E-state index is 5.30. The van der Waals surface area contributed by atoms with E-state index < -0.39 is 0 Å². The van der Waals surface area contributed by atoms with E-state index in [0.29, 0.717) is 22.8 Å². The molecule has 9 aromatic rings. The van der Waals surface area contributed by atoms with Crippen LogP contribution in [0.25, 0.3) is 92.2 Å². The molecule has 9 rings (SSSR count). The zero-order valence-corrected chi connectivity index (χ0v) is 29.2. The highest BCUT2D eigenvalue weighted by atomic mass is 14.8. The molecule has 0 N–H and O–H groups in total. The number of hydrogen-bond acceptors (Lipinski definition) is 6. The Balaban J connectivity index is 1.22. The van der Waals surface area contributed by atoms with Gasteiger partial charge in [-0.2, -0.15) is 0 Å². The Kier molecular flexibility index (Phi) is 8.81. The summed E-state index contributed by atoms with van der Waals surface area (Å²) in [5, 5.41) is 4.30. The van der Waals surface area contributed by atoms with Crippen LogP contribution < -0.4 is 0 Å². The first-order chi connectivity index (χ1) is 26.8. The Morgan fingerprint density at radius 3 is 0.759 bits per heavy atom. The predicted octanol–water partition coefficient (Wildman–Crippen LogP) is 11.4. The van der Waals surface area contributed by atoms with Crippen molar-refractivity contribution in [3.63, 3.8) is 0 Å². The van der Waals surface area contributed by atoms with Crippen molar-refractivity contribution in [3.05, 3.63) is 191 Å². The van der Waals surface area contributed by atoms with Crippen molar-refractivity contribution in [2.45, 2.75) is 0 Å². The minimum Gasteiger partial charge on any atom is -0.256 e. The highest BCUT2D eigenvalue weighted by Crippen LogP contribution is 2.26. The van der Waals surface area contributed by atoms with Gasteiger partial charge >= 0.3 is 0 Å². The Labute approximate surface area is 312 Å². The van der Waals surface area contributed by atoms with Crippen molar-refractivity contribution in [3.8, 4) is 0 Å². The van der Waals surface area contributed by atoms with Crippen molar-refractivity contribution in [1.82, 2.24) is 29.9 Å². The first-order valence-electron chi connectivity index (χ1n) is 17.8. The molecule has 0 unspecified atom stereocenters. The summed E-state index contributed by atoms with van der Waals surface area (Å²) < 4.78 is 0. The molecule has 0 radical (unpaired) electrons. The van der Waals surface area contributed by atoms with Crippen LogP contribution >= 0.6 is 0 Å². The summed E-state index contributed by atoms with van der Waals surface area (Å²) in [4.78, 5) is 29.3. The topological polar surface area (TPSA) is 77.3 Å². The van der Waals surface area contributed by atoms with Crippen LogP contribution in [-0.2, 0) is 0 Å². The fourth-order valence-corrected chi connectivity index (χ4v) is 6.70. The molecule has 54 heavy (non-hydrogen) atoms. The van der Waals surface area contributed by atoms with E-state index in [9.17, 15) is 0 Å². The van der Waals surface area contributed by atoms with E-state index in [0.717, 1.165) is 65.9 Å². The fraction of sp³-hybridized carbons (Fsp3) is 0. The highest BCUT2D eigenvalue weighted by Gasteiger charge is 2.11. The first kappa shape index (κ1) is 32.5. The van der Waals surface area contributed by atoms with Crippen LogP contribution in [0.1, 0.15) is 45.0 Å². The lowest BCUT2D eigenvalue weighted by Crippen LogP contribution is -2.00. The molecule has 4 aromatic carbocycles. The van der Waals surface area contributed by atoms with Crippen molar-refractivity contribution < 1.29 is 0 Å². The Bertz CT molecular complexity index is 2540. The van der Waals surface area contributed by atoms with E-state index in [2.05, 4.69) is 117 Å². The summed E-state index contributed by atoms with van der Waals surface area (Å²) in [5.74, 6) is 0. The SMILES string of the molecule is C(=Cc1cccc2cccnc12)c1nc(C=Cc2cccc3cccnc23)c(C=Cc2cccc3cccnc23)nc1C=Cc1cccc2cccnc12. The third kappa shape index (κ3) is 6.67. The van der Waals surface area contributed by atoms with Gasteiger partial charge in [0, 0.05) is 68.6 Å². The van der Waals surface area contributed by atoms with Crippen molar-refractivity contribution in [2.75, 3.05) is 0 Å². The van der Waals surface area contributed by atoms with Gasteiger partial charge in [-0.15, -0.1) is 0 Å². The molecule has 0 saturated heterocycles. The van der Waals surface area contributed by atoms with Gasteiger partial charge in [0.1, 0.15) is 0 Å². The molecular weight excluding hydrogens is 661 g/mol. The van der Waals surface area contributed by atoms with Crippen LogP contribution in [0, 0.1) is 0 Å². The van der Waals surface area contributed by atoms with Gasteiger partial charge in [0.05, 0.1) is 44.8 Å². The summed E-state index contributed by atoms with van der Waals surface area (Å²) in [6.07, 6.45) is 23.6. The molecule has 0 aliphatic rings. The maximum Gasteiger partial charge on any atom is 0.0894 e. The molecule has 0 spiro atoms. The molecule has 0 aliphatic carbocycles. The van der Waals surface area contributed by atoms with E-state index in [-0.39, 0.29) is 0 Å². The molecule has 0 fully saturated rings. The van der Waals surface area contributed by atoms with Crippen molar-refractivity contribution in [1.29, 1.82) is 0 Å². The average Bonchev–Trinajstić information content (AvgIpc) is 3.23. The molecule has 5 heterocycles. The second-order valence-corrected chi connectivity index (χ2v) is 12.8. The Morgan fingerprint density at radius 2 is 0.500 bits per heavy atom. The van der Waals surface area contributed by atoms with Gasteiger partial charge in [-0.05, 0) is 48.6 Å². The molecule has 0 aliphatic heterocycles. The summed E-state index contributed by atoms with van der Waals surface area (Å²) in [5.41, 5.74) is 10.5. The molecule has 0 bridgehead atoms. The Morgan fingerprint density at radius 1 is 0.259 bits per heavy atom. The molecule has 254 valence electrons. The van der Waals surface area contributed by atoms with Crippen LogP contribution in [0.15, 0.2) is 146 Å². The molecule has 6 nitrogen and oxygen atoms in total. The zero-order chi connectivity index (χ0) is 36.1. The number of para-hydroxylation sites is 4. The minimum atomic E-state index is 0.715. The molecule has 5 aromatic heterocycles. The summed E-state index contributed by atoms with van der Waals surface area (Å²) >= 11 is 0. The van der Waals surface area contributed by atoms with Crippen LogP contribution in [-0.4, -0.2) is 29.9 Å².